The van der Waals surface area contributed by atoms with Gasteiger partial charge in [-0.1, -0.05) is 19.3 Å². The van der Waals surface area contributed by atoms with Crippen LogP contribution in [0.4, 0.5) is 0 Å². The van der Waals surface area contributed by atoms with Crippen LogP contribution in [0.5, 0.6) is 0 Å². The van der Waals surface area contributed by atoms with Crippen LogP contribution in [-0.4, -0.2) is 11.0 Å². The lowest BCUT2D eigenvalue weighted by Crippen LogP contribution is -2.27. The molecule has 0 aliphatic heterocycles. The smallest absolute Gasteiger partial charge is 0.213 e. The normalized spacial score (nSPS) is 23.0. The van der Waals surface area contributed by atoms with Gasteiger partial charge in [-0.25, -0.2) is 0 Å². The zero-order valence-corrected chi connectivity index (χ0v) is 6.95. The number of nitrogens with zero attached hydrogens (tertiary/aromatic N) is 1. The SMILES string of the molecule is CC(C1CCCCC1)[N+](=O)[O-]. The molecule has 0 saturated heterocycles. The molecule has 0 aromatic rings. The Morgan fingerprint density at radius 2 is 1.91 bits per heavy atom. The van der Waals surface area contributed by atoms with Gasteiger partial charge in [0, 0.05) is 17.8 Å². The quantitative estimate of drug-likeness (QED) is 0.455. The van der Waals surface area contributed by atoms with E-state index in [0.29, 0.717) is 5.92 Å². The summed E-state index contributed by atoms with van der Waals surface area (Å²) in [6, 6.07) is -0.324. The maximum atomic E-state index is 10.4. The van der Waals surface area contributed by atoms with Crippen molar-refractivity contribution < 1.29 is 4.92 Å². The van der Waals surface area contributed by atoms with Gasteiger partial charge in [0.2, 0.25) is 6.04 Å². The lowest BCUT2D eigenvalue weighted by Gasteiger charge is -2.21. The molecule has 1 aliphatic rings. The standard InChI is InChI=1S/C8H15NO2/c1-7(9(10)11)8-5-3-2-4-6-8/h7-8H,2-6H2,1H3. The van der Waals surface area contributed by atoms with Crippen molar-refractivity contribution >= 4 is 0 Å². The molecular weight excluding hydrogens is 142 g/mol. The van der Waals surface area contributed by atoms with E-state index in [9.17, 15) is 10.1 Å². The van der Waals surface area contributed by atoms with Gasteiger partial charge in [0.1, 0.15) is 0 Å². The summed E-state index contributed by atoms with van der Waals surface area (Å²) < 4.78 is 0. The molecule has 1 unspecified atom stereocenters. The van der Waals surface area contributed by atoms with Crippen LogP contribution in [0.3, 0.4) is 0 Å². The summed E-state index contributed by atoms with van der Waals surface area (Å²) >= 11 is 0. The summed E-state index contributed by atoms with van der Waals surface area (Å²) in [4.78, 5) is 10.3. The number of rotatable bonds is 2. The molecule has 0 amide bonds. The molecule has 0 radical (unpaired) electrons. The fraction of sp³-hybridized carbons (Fsp3) is 1.00. The number of nitro groups is 1. The van der Waals surface area contributed by atoms with E-state index in [-0.39, 0.29) is 11.0 Å². The van der Waals surface area contributed by atoms with Gasteiger partial charge in [-0.05, 0) is 12.8 Å². The molecule has 0 N–H and O–H groups in total. The van der Waals surface area contributed by atoms with E-state index in [0.717, 1.165) is 12.8 Å². The zero-order chi connectivity index (χ0) is 8.27. The Bertz CT molecular complexity index is 141. The molecule has 3 nitrogen and oxygen atoms in total. The summed E-state index contributed by atoms with van der Waals surface area (Å²) in [5.74, 6) is 0.346. The summed E-state index contributed by atoms with van der Waals surface area (Å²) in [5.41, 5.74) is 0. The fourth-order valence-electron chi connectivity index (χ4n) is 1.79. The van der Waals surface area contributed by atoms with Crippen molar-refractivity contribution in [1.82, 2.24) is 0 Å². The van der Waals surface area contributed by atoms with E-state index in [1.807, 2.05) is 0 Å². The van der Waals surface area contributed by atoms with Gasteiger partial charge in [-0.15, -0.1) is 0 Å². The summed E-state index contributed by atoms with van der Waals surface area (Å²) in [6.07, 6.45) is 5.75. The topological polar surface area (TPSA) is 43.1 Å². The third kappa shape index (κ3) is 2.17. The first-order chi connectivity index (χ1) is 5.22. The first kappa shape index (κ1) is 8.50. The summed E-state index contributed by atoms with van der Waals surface area (Å²) in [6.45, 7) is 1.73. The molecule has 1 rings (SSSR count). The molecule has 1 aliphatic carbocycles. The highest BCUT2D eigenvalue weighted by Gasteiger charge is 2.27. The number of hydrogen-bond donors (Lipinski definition) is 0. The molecule has 3 heteroatoms. The maximum Gasteiger partial charge on any atom is 0.213 e. The molecule has 0 aromatic carbocycles. The van der Waals surface area contributed by atoms with Crippen LogP contribution < -0.4 is 0 Å². The Kier molecular flexibility index (Phi) is 2.85. The van der Waals surface area contributed by atoms with Gasteiger partial charge >= 0.3 is 0 Å². The van der Waals surface area contributed by atoms with Crippen molar-refractivity contribution in [3.05, 3.63) is 10.1 Å². The van der Waals surface area contributed by atoms with E-state index < -0.39 is 0 Å². The highest BCUT2D eigenvalue weighted by atomic mass is 16.6. The second kappa shape index (κ2) is 3.69. The molecule has 0 aromatic heterocycles. The van der Waals surface area contributed by atoms with Gasteiger partial charge in [-0.3, -0.25) is 10.1 Å². The second-order valence-electron chi connectivity index (χ2n) is 3.42. The van der Waals surface area contributed by atoms with E-state index in [4.69, 9.17) is 0 Å². The molecule has 0 spiro atoms. The van der Waals surface area contributed by atoms with Crippen LogP contribution in [0.15, 0.2) is 0 Å². The molecule has 11 heavy (non-hydrogen) atoms. The van der Waals surface area contributed by atoms with Crippen molar-refractivity contribution in [2.24, 2.45) is 5.92 Å². The van der Waals surface area contributed by atoms with Crippen molar-refractivity contribution in [2.45, 2.75) is 45.1 Å². The minimum absolute atomic E-state index is 0.143. The lowest BCUT2D eigenvalue weighted by molar-refractivity contribution is -0.528. The van der Waals surface area contributed by atoms with Crippen LogP contribution in [-0.2, 0) is 0 Å². The average Bonchev–Trinajstić information content (AvgIpc) is 2.05. The predicted molar refractivity (Wildman–Crippen MR) is 43.0 cm³/mol. The van der Waals surface area contributed by atoms with Crippen LogP contribution in [0.1, 0.15) is 39.0 Å². The summed E-state index contributed by atoms with van der Waals surface area (Å²) in [5, 5.41) is 10.4. The minimum atomic E-state index is -0.324. The van der Waals surface area contributed by atoms with Crippen LogP contribution in [0, 0.1) is 16.0 Å². The summed E-state index contributed by atoms with van der Waals surface area (Å²) in [7, 11) is 0. The molecule has 64 valence electrons. The highest BCUT2D eigenvalue weighted by molar-refractivity contribution is 4.70. The first-order valence-corrected chi connectivity index (χ1v) is 4.35. The monoisotopic (exact) mass is 157 g/mol. The van der Waals surface area contributed by atoms with Crippen molar-refractivity contribution in [3.8, 4) is 0 Å². The van der Waals surface area contributed by atoms with Crippen LogP contribution in [0.25, 0.3) is 0 Å². The lowest BCUT2D eigenvalue weighted by atomic mass is 9.85. The third-order valence-corrected chi connectivity index (χ3v) is 2.66. The Hall–Kier alpha value is -0.600. The highest BCUT2D eigenvalue weighted by Crippen LogP contribution is 2.27. The van der Waals surface area contributed by atoms with Crippen molar-refractivity contribution in [3.63, 3.8) is 0 Å². The molecule has 0 heterocycles. The third-order valence-electron chi connectivity index (χ3n) is 2.66. The van der Waals surface area contributed by atoms with E-state index in [1.165, 1.54) is 19.3 Å². The molecule has 1 saturated carbocycles. The first-order valence-electron chi connectivity index (χ1n) is 4.35. The molecule has 1 atom stereocenters. The van der Waals surface area contributed by atoms with E-state index in [2.05, 4.69) is 0 Å². The Balaban J connectivity index is 2.38. The largest absolute Gasteiger partial charge is 0.264 e. The Morgan fingerprint density at radius 1 is 1.36 bits per heavy atom. The second-order valence-corrected chi connectivity index (χ2v) is 3.42. The molecule has 0 bridgehead atoms. The van der Waals surface area contributed by atoms with E-state index >= 15 is 0 Å². The fourth-order valence-corrected chi connectivity index (χ4v) is 1.79. The Labute approximate surface area is 66.9 Å². The van der Waals surface area contributed by atoms with Gasteiger partial charge < -0.3 is 0 Å². The van der Waals surface area contributed by atoms with Gasteiger partial charge in [0.15, 0.2) is 0 Å². The number of hydrogen-bond acceptors (Lipinski definition) is 2. The zero-order valence-electron chi connectivity index (χ0n) is 6.95. The molecule has 1 fully saturated rings. The maximum absolute atomic E-state index is 10.4. The van der Waals surface area contributed by atoms with Crippen molar-refractivity contribution in [1.29, 1.82) is 0 Å². The Morgan fingerprint density at radius 3 is 2.36 bits per heavy atom. The average molecular weight is 157 g/mol. The van der Waals surface area contributed by atoms with Gasteiger partial charge in [0.05, 0.1) is 0 Å². The van der Waals surface area contributed by atoms with Crippen LogP contribution >= 0.6 is 0 Å². The predicted octanol–water partition coefficient (Wildman–Crippen LogP) is 2.23. The molecular formula is C8H15NO2. The van der Waals surface area contributed by atoms with Gasteiger partial charge in [-0.2, -0.15) is 0 Å². The van der Waals surface area contributed by atoms with Gasteiger partial charge in [0.25, 0.3) is 0 Å². The van der Waals surface area contributed by atoms with Crippen LogP contribution in [0.2, 0.25) is 0 Å². The minimum Gasteiger partial charge on any atom is -0.264 e. The van der Waals surface area contributed by atoms with E-state index in [1.54, 1.807) is 6.92 Å². The van der Waals surface area contributed by atoms with Crippen molar-refractivity contribution in [2.75, 3.05) is 0 Å².